The summed E-state index contributed by atoms with van der Waals surface area (Å²) in [5, 5.41) is 0. The van der Waals surface area contributed by atoms with E-state index in [2.05, 4.69) is 39.5 Å². The van der Waals surface area contributed by atoms with Gasteiger partial charge in [0.05, 0.1) is 0 Å². The van der Waals surface area contributed by atoms with E-state index in [1.54, 1.807) is 0 Å². The van der Waals surface area contributed by atoms with E-state index in [0.717, 1.165) is 12.0 Å². The van der Waals surface area contributed by atoms with Crippen molar-refractivity contribution in [2.45, 2.75) is 48.0 Å². The minimum Gasteiger partial charge on any atom is -0.0958 e. The lowest BCUT2D eigenvalue weighted by Crippen LogP contribution is -1.80. The lowest BCUT2D eigenvalue weighted by atomic mass is 10.1. The van der Waals surface area contributed by atoms with Crippen molar-refractivity contribution in [3.05, 3.63) is 35.5 Å². The quantitative estimate of drug-likeness (QED) is 0.542. The molecule has 0 atom stereocenters. The van der Waals surface area contributed by atoms with Crippen LogP contribution in [0.2, 0.25) is 0 Å². The zero-order chi connectivity index (χ0) is 10.9. The highest BCUT2D eigenvalue weighted by molar-refractivity contribution is 5.32. The predicted octanol–water partition coefficient (Wildman–Crippen LogP) is 4.89. The van der Waals surface area contributed by atoms with Gasteiger partial charge in [0.15, 0.2) is 0 Å². The van der Waals surface area contributed by atoms with Crippen molar-refractivity contribution in [1.29, 1.82) is 0 Å². The maximum Gasteiger partial charge on any atom is -0.0311 e. The minimum atomic E-state index is 1.10. The molecule has 0 N–H and O–H groups in total. The summed E-state index contributed by atoms with van der Waals surface area (Å²) in [6.07, 6.45) is 5.44. The summed E-state index contributed by atoms with van der Waals surface area (Å²) in [7, 11) is 0. The fourth-order valence-electron chi connectivity index (χ4n) is 0.791. The molecule has 0 unspecified atom stereocenters. The van der Waals surface area contributed by atoms with Gasteiger partial charge in [-0.2, -0.15) is 0 Å². The van der Waals surface area contributed by atoms with Crippen LogP contribution < -0.4 is 0 Å². The Labute approximate surface area is 84.1 Å². The molecule has 0 saturated heterocycles. The van der Waals surface area contributed by atoms with E-state index in [0.29, 0.717) is 0 Å². The molecule has 0 heterocycles. The van der Waals surface area contributed by atoms with Crippen LogP contribution in [0, 0.1) is 0 Å². The number of rotatable bonds is 3. The number of hydrogen-bond acceptors (Lipinski definition) is 0. The summed E-state index contributed by atoms with van der Waals surface area (Å²) in [6.45, 7) is 16.3. The third-order valence-corrected chi connectivity index (χ3v) is 1.85. The highest BCUT2D eigenvalue weighted by Gasteiger charge is 1.90. The molecule has 0 bridgehead atoms. The molecule has 0 spiro atoms. The first-order valence-electron chi connectivity index (χ1n) is 5.11. The van der Waals surface area contributed by atoms with Crippen LogP contribution in [-0.2, 0) is 0 Å². The van der Waals surface area contributed by atoms with Crippen molar-refractivity contribution in [2.24, 2.45) is 0 Å². The summed E-state index contributed by atoms with van der Waals surface area (Å²) in [5.74, 6) is 0. The van der Waals surface area contributed by atoms with Crippen LogP contribution in [-0.4, -0.2) is 0 Å². The van der Waals surface area contributed by atoms with Gasteiger partial charge in [-0.3, -0.25) is 0 Å². The Bertz CT molecular complexity index is 192. The van der Waals surface area contributed by atoms with Crippen molar-refractivity contribution >= 4 is 0 Å². The summed E-state index contributed by atoms with van der Waals surface area (Å²) >= 11 is 0. The summed E-state index contributed by atoms with van der Waals surface area (Å²) in [5.41, 5.74) is 3.81. The van der Waals surface area contributed by atoms with E-state index in [-0.39, 0.29) is 0 Å². The van der Waals surface area contributed by atoms with Crippen LogP contribution in [0.1, 0.15) is 48.0 Å². The van der Waals surface area contributed by atoms with E-state index in [1.165, 1.54) is 11.1 Å². The third kappa shape index (κ3) is 7.58. The predicted molar refractivity (Wildman–Crippen MR) is 64.0 cm³/mol. The Morgan fingerprint density at radius 2 is 1.69 bits per heavy atom. The fourth-order valence-corrected chi connectivity index (χ4v) is 0.791. The monoisotopic (exact) mass is 180 g/mol. The molecule has 0 heteroatoms. The lowest BCUT2D eigenvalue weighted by Gasteiger charge is -2.00. The molecule has 13 heavy (non-hydrogen) atoms. The van der Waals surface area contributed by atoms with E-state index in [4.69, 9.17) is 0 Å². The van der Waals surface area contributed by atoms with Crippen LogP contribution in [0.4, 0.5) is 0 Å². The zero-order valence-electron chi connectivity index (χ0n) is 10.1. The molecular weight excluding hydrogens is 156 g/mol. The molecule has 0 aromatic carbocycles. The third-order valence-electron chi connectivity index (χ3n) is 1.85. The average Bonchev–Trinajstić information content (AvgIpc) is 2.16. The maximum atomic E-state index is 3.88. The van der Waals surface area contributed by atoms with Crippen molar-refractivity contribution < 1.29 is 0 Å². The first-order valence-corrected chi connectivity index (χ1v) is 5.11. The van der Waals surface area contributed by atoms with Crippen molar-refractivity contribution in [2.75, 3.05) is 0 Å². The van der Waals surface area contributed by atoms with Gasteiger partial charge >= 0.3 is 0 Å². The Balaban J connectivity index is 0. The zero-order valence-corrected chi connectivity index (χ0v) is 10.1. The Morgan fingerprint density at radius 3 is 1.92 bits per heavy atom. The van der Waals surface area contributed by atoms with Crippen LogP contribution in [0.15, 0.2) is 35.5 Å². The molecule has 76 valence electrons. The van der Waals surface area contributed by atoms with E-state index >= 15 is 0 Å². The van der Waals surface area contributed by atoms with Crippen LogP contribution in [0.5, 0.6) is 0 Å². The van der Waals surface area contributed by atoms with Crippen LogP contribution in [0.3, 0.4) is 0 Å². The second-order valence-corrected chi connectivity index (χ2v) is 2.82. The van der Waals surface area contributed by atoms with Crippen molar-refractivity contribution in [3.63, 3.8) is 0 Å². The molecule has 0 saturated carbocycles. The van der Waals surface area contributed by atoms with Gasteiger partial charge in [0, 0.05) is 0 Å². The first kappa shape index (κ1) is 14.7. The van der Waals surface area contributed by atoms with Crippen molar-refractivity contribution in [1.82, 2.24) is 0 Å². The molecular formula is C13H24. The van der Waals surface area contributed by atoms with Gasteiger partial charge in [-0.25, -0.2) is 0 Å². The highest BCUT2D eigenvalue weighted by Crippen LogP contribution is 2.11. The average molecular weight is 180 g/mol. The normalized spacial score (nSPS) is 11.8. The standard InChI is InChI=1S/C11H18.C2H6/c1-6-11(7-2)8-10(5)9(3)4;1-2/h6,8H,3,7H2,1-2,4-5H3;1-2H3/b10-8-,11-6-;. The largest absolute Gasteiger partial charge is 0.0958 e. The van der Waals surface area contributed by atoms with Gasteiger partial charge in [0.2, 0.25) is 0 Å². The van der Waals surface area contributed by atoms with Crippen LogP contribution in [0.25, 0.3) is 0 Å². The summed E-state index contributed by atoms with van der Waals surface area (Å²) in [6, 6.07) is 0. The molecule has 0 fully saturated rings. The topological polar surface area (TPSA) is 0 Å². The maximum absolute atomic E-state index is 3.88. The fraction of sp³-hybridized carbons (Fsp3) is 0.538. The highest BCUT2D eigenvalue weighted by atomic mass is 14.0. The molecule has 0 aliphatic carbocycles. The molecule has 0 aliphatic rings. The van der Waals surface area contributed by atoms with Gasteiger partial charge in [-0.15, -0.1) is 0 Å². The Hall–Kier alpha value is -0.780. The lowest BCUT2D eigenvalue weighted by molar-refractivity contribution is 1.13. The summed E-state index contributed by atoms with van der Waals surface area (Å²) < 4.78 is 0. The van der Waals surface area contributed by atoms with Gasteiger partial charge in [0.1, 0.15) is 0 Å². The van der Waals surface area contributed by atoms with Gasteiger partial charge in [0.25, 0.3) is 0 Å². The van der Waals surface area contributed by atoms with E-state index in [1.807, 2.05) is 20.8 Å². The van der Waals surface area contributed by atoms with Gasteiger partial charge < -0.3 is 0 Å². The number of allylic oxidation sites excluding steroid dienone is 5. The van der Waals surface area contributed by atoms with E-state index in [9.17, 15) is 0 Å². The minimum absolute atomic E-state index is 1.10. The molecule has 0 aliphatic heterocycles. The molecule has 0 aromatic rings. The van der Waals surface area contributed by atoms with Crippen LogP contribution >= 0.6 is 0 Å². The van der Waals surface area contributed by atoms with Gasteiger partial charge in [-0.05, 0) is 32.8 Å². The Morgan fingerprint density at radius 1 is 1.23 bits per heavy atom. The second kappa shape index (κ2) is 9.31. The molecule has 0 amide bonds. The smallest absolute Gasteiger partial charge is 0.0311 e. The van der Waals surface area contributed by atoms with Gasteiger partial charge in [-0.1, -0.05) is 50.6 Å². The molecule has 0 nitrogen and oxygen atoms in total. The molecule has 0 radical (unpaired) electrons. The molecule has 0 aromatic heterocycles. The summed E-state index contributed by atoms with van der Waals surface area (Å²) in [4.78, 5) is 0. The van der Waals surface area contributed by atoms with E-state index < -0.39 is 0 Å². The molecule has 0 rings (SSSR count). The SMILES string of the molecule is C=C(C)/C(C)=C\C(=C/C)CC.CC. The Kier molecular flexibility index (Phi) is 10.5. The van der Waals surface area contributed by atoms with Crippen molar-refractivity contribution in [3.8, 4) is 0 Å². The first-order chi connectivity index (χ1) is 6.11. The number of hydrogen-bond donors (Lipinski definition) is 0. The second-order valence-electron chi connectivity index (χ2n) is 2.82.